The van der Waals surface area contributed by atoms with Gasteiger partial charge in [-0.25, -0.2) is 9.59 Å². The molecule has 0 saturated carbocycles. The van der Waals surface area contributed by atoms with Gasteiger partial charge in [-0.2, -0.15) is 0 Å². The third-order valence-electron chi connectivity index (χ3n) is 2.99. The van der Waals surface area contributed by atoms with Crippen molar-refractivity contribution in [2.45, 2.75) is 34.1 Å². The first-order chi connectivity index (χ1) is 11.8. The minimum atomic E-state index is -0.660. The Morgan fingerprint density at radius 2 is 1.56 bits per heavy atom. The van der Waals surface area contributed by atoms with E-state index in [-0.39, 0.29) is 35.1 Å². The number of amides is 1. The molecule has 1 amide bonds. The van der Waals surface area contributed by atoms with Gasteiger partial charge in [-0.05, 0) is 26.3 Å². The Bertz CT molecular complexity index is 666. The topological polar surface area (TPSA) is 108 Å². The molecule has 0 aliphatic carbocycles. The third kappa shape index (κ3) is 5.56. The molecule has 0 aliphatic heterocycles. The van der Waals surface area contributed by atoms with Crippen LogP contribution in [0.4, 0.5) is 5.00 Å². The summed E-state index contributed by atoms with van der Waals surface area (Å²) < 4.78 is 14.7. The fraction of sp³-hybridized carbons (Fsp3) is 0.500. The van der Waals surface area contributed by atoms with Crippen molar-refractivity contribution in [2.24, 2.45) is 0 Å². The van der Waals surface area contributed by atoms with Crippen molar-refractivity contribution < 1.29 is 33.4 Å². The second kappa shape index (κ2) is 9.77. The van der Waals surface area contributed by atoms with Crippen molar-refractivity contribution in [3.63, 3.8) is 0 Å². The van der Waals surface area contributed by atoms with Crippen LogP contribution in [0.15, 0.2) is 0 Å². The Labute approximate surface area is 149 Å². The van der Waals surface area contributed by atoms with Gasteiger partial charge >= 0.3 is 17.9 Å². The monoisotopic (exact) mass is 371 g/mol. The zero-order chi connectivity index (χ0) is 19.0. The van der Waals surface area contributed by atoms with E-state index < -0.39 is 30.4 Å². The number of hydrogen-bond donors (Lipinski definition) is 1. The van der Waals surface area contributed by atoms with Crippen LogP contribution in [0.5, 0.6) is 0 Å². The van der Waals surface area contributed by atoms with Crippen molar-refractivity contribution in [1.29, 1.82) is 0 Å². The molecule has 0 atom stereocenters. The fourth-order valence-electron chi connectivity index (χ4n) is 1.85. The van der Waals surface area contributed by atoms with Crippen LogP contribution in [0.25, 0.3) is 0 Å². The second-order valence-corrected chi connectivity index (χ2v) is 5.78. The molecule has 1 rings (SSSR count). The third-order valence-corrected chi connectivity index (χ3v) is 4.18. The number of thiophene rings is 1. The molecule has 0 aliphatic rings. The molecular formula is C16H21NO7S. The van der Waals surface area contributed by atoms with Gasteiger partial charge in [0, 0.05) is 6.42 Å². The van der Waals surface area contributed by atoms with Gasteiger partial charge in [-0.3, -0.25) is 9.59 Å². The first-order valence-corrected chi connectivity index (χ1v) is 8.60. The molecule has 1 aromatic rings. The van der Waals surface area contributed by atoms with Gasteiger partial charge in [0.1, 0.15) is 9.88 Å². The molecule has 0 radical (unpaired) electrons. The average Bonchev–Trinajstić information content (AvgIpc) is 2.89. The molecule has 0 bridgehead atoms. The van der Waals surface area contributed by atoms with Crippen molar-refractivity contribution in [1.82, 2.24) is 0 Å². The van der Waals surface area contributed by atoms with Crippen LogP contribution in [-0.4, -0.2) is 43.6 Å². The minimum Gasteiger partial charge on any atom is -0.462 e. The van der Waals surface area contributed by atoms with Gasteiger partial charge in [0.2, 0.25) is 0 Å². The van der Waals surface area contributed by atoms with Crippen molar-refractivity contribution in [2.75, 3.05) is 25.1 Å². The van der Waals surface area contributed by atoms with E-state index in [0.29, 0.717) is 5.56 Å². The summed E-state index contributed by atoms with van der Waals surface area (Å²) >= 11 is 0.909. The van der Waals surface area contributed by atoms with Crippen molar-refractivity contribution >= 4 is 40.2 Å². The summed E-state index contributed by atoms with van der Waals surface area (Å²) in [6, 6.07) is 0. The van der Waals surface area contributed by atoms with Crippen LogP contribution >= 0.6 is 11.3 Å². The van der Waals surface area contributed by atoms with E-state index in [9.17, 15) is 19.2 Å². The van der Waals surface area contributed by atoms with E-state index in [1.807, 2.05) is 0 Å². The Kier molecular flexibility index (Phi) is 8.06. The molecule has 0 spiro atoms. The minimum absolute atomic E-state index is 0.0880. The SMILES string of the molecule is CCOC(=O)c1sc(NC(=O)COC(=O)CC)c(C(=O)OCC)c1C. The van der Waals surface area contributed by atoms with Crippen molar-refractivity contribution in [3.8, 4) is 0 Å². The summed E-state index contributed by atoms with van der Waals surface area (Å²) in [6.45, 7) is 6.33. The first-order valence-electron chi connectivity index (χ1n) is 7.78. The number of hydrogen-bond acceptors (Lipinski definition) is 8. The number of ether oxygens (including phenoxy) is 3. The molecule has 25 heavy (non-hydrogen) atoms. The van der Waals surface area contributed by atoms with Crippen LogP contribution in [-0.2, 0) is 23.8 Å². The molecule has 0 aromatic carbocycles. The average molecular weight is 371 g/mol. The lowest BCUT2D eigenvalue weighted by atomic mass is 10.1. The quantitative estimate of drug-likeness (QED) is 0.552. The van der Waals surface area contributed by atoms with Crippen molar-refractivity contribution in [3.05, 3.63) is 16.0 Å². The van der Waals surface area contributed by atoms with Crippen LogP contribution < -0.4 is 5.32 Å². The lowest BCUT2D eigenvalue weighted by molar-refractivity contribution is -0.146. The first kappa shape index (κ1) is 20.6. The Balaban J connectivity index is 3.08. The molecule has 1 aromatic heterocycles. The molecule has 138 valence electrons. The predicted molar refractivity (Wildman–Crippen MR) is 90.8 cm³/mol. The van der Waals surface area contributed by atoms with E-state index in [0.717, 1.165) is 11.3 Å². The number of carbonyl (C=O) groups is 4. The highest BCUT2D eigenvalue weighted by Crippen LogP contribution is 2.34. The number of anilines is 1. The van der Waals surface area contributed by atoms with Gasteiger partial charge < -0.3 is 19.5 Å². The summed E-state index contributed by atoms with van der Waals surface area (Å²) in [5.41, 5.74) is 0.452. The highest BCUT2D eigenvalue weighted by atomic mass is 32.1. The van der Waals surface area contributed by atoms with E-state index >= 15 is 0 Å². The summed E-state index contributed by atoms with van der Waals surface area (Å²) in [5, 5.41) is 2.63. The molecule has 9 heteroatoms. The standard InChI is InChI=1S/C16H21NO7S/c1-5-11(19)24-8-10(18)17-14-12(15(20)22-6-2)9(4)13(25-14)16(21)23-7-3/h5-8H2,1-4H3,(H,17,18). The van der Waals surface area contributed by atoms with Crippen LogP contribution in [0.2, 0.25) is 0 Å². The molecule has 0 unspecified atom stereocenters. The molecule has 0 saturated heterocycles. The van der Waals surface area contributed by atoms with Crippen LogP contribution in [0, 0.1) is 6.92 Å². The van der Waals surface area contributed by atoms with Gasteiger partial charge in [0.15, 0.2) is 6.61 Å². The van der Waals surface area contributed by atoms with Gasteiger partial charge in [-0.1, -0.05) is 6.92 Å². The molecule has 1 N–H and O–H groups in total. The maximum atomic E-state index is 12.2. The lowest BCUT2D eigenvalue weighted by Gasteiger charge is -2.07. The Morgan fingerprint density at radius 3 is 2.12 bits per heavy atom. The number of nitrogens with one attached hydrogen (secondary N) is 1. The molecule has 1 heterocycles. The summed E-state index contributed by atoms with van der Waals surface area (Å²) in [7, 11) is 0. The smallest absolute Gasteiger partial charge is 0.348 e. The molecular weight excluding hydrogens is 350 g/mol. The number of rotatable bonds is 8. The molecule has 8 nitrogen and oxygen atoms in total. The predicted octanol–water partition coefficient (Wildman–Crippen LogP) is 2.30. The fourth-order valence-corrected chi connectivity index (χ4v) is 2.96. The van der Waals surface area contributed by atoms with Gasteiger partial charge in [0.25, 0.3) is 5.91 Å². The van der Waals surface area contributed by atoms with Gasteiger partial charge in [-0.15, -0.1) is 11.3 Å². The summed E-state index contributed by atoms with van der Waals surface area (Å²) in [5.74, 6) is -2.39. The normalized spacial score (nSPS) is 10.1. The van der Waals surface area contributed by atoms with E-state index in [1.165, 1.54) is 0 Å². The highest BCUT2D eigenvalue weighted by molar-refractivity contribution is 7.18. The number of carbonyl (C=O) groups excluding carboxylic acids is 4. The van der Waals surface area contributed by atoms with E-state index in [4.69, 9.17) is 14.2 Å². The van der Waals surface area contributed by atoms with Crippen LogP contribution in [0.3, 0.4) is 0 Å². The van der Waals surface area contributed by atoms with E-state index in [1.54, 1.807) is 27.7 Å². The summed E-state index contributed by atoms with van der Waals surface area (Å²) in [6.07, 6.45) is 0.145. The van der Waals surface area contributed by atoms with Gasteiger partial charge in [0.05, 0.1) is 18.8 Å². The maximum Gasteiger partial charge on any atom is 0.348 e. The largest absolute Gasteiger partial charge is 0.462 e. The second-order valence-electron chi connectivity index (χ2n) is 4.76. The molecule has 0 fully saturated rings. The zero-order valence-electron chi connectivity index (χ0n) is 14.6. The maximum absolute atomic E-state index is 12.2. The van der Waals surface area contributed by atoms with E-state index in [2.05, 4.69) is 5.32 Å². The Hall–Kier alpha value is -2.42. The Morgan fingerprint density at radius 1 is 0.960 bits per heavy atom. The van der Waals surface area contributed by atoms with Crippen LogP contribution in [0.1, 0.15) is 52.8 Å². The number of esters is 3. The summed E-state index contributed by atoms with van der Waals surface area (Å²) in [4.78, 5) is 47.4. The lowest BCUT2D eigenvalue weighted by Crippen LogP contribution is -2.21. The zero-order valence-corrected chi connectivity index (χ0v) is 15.4. The highest BCUT2D eigenvalue weighted by Gasteiger charge is 2.27.